The van der Waals surface area contributed by atoms with Crippen molar-refractivity contribution >= 4 is 23.5 Å². The molecule has 3 rings (SSSR count). The minimum Gasteiger partial charge on any atom is -0.497 e. The van der Waals surface area contributed by atoms with Crippen LogP contribution < -0.4 is 14.4 Å². The fourth-order valence-electron chi connectivity index (χ4n) is 3.64. The molecule has 1 N–H and O–H groups in total. The van der Waals surface area contributed by atoms with Crippen LogP contribution in [0.3, 0.4) is 0 Å². The summed E-state index contributed by atoms with van der Waals surface area (Å²) < 4.78 is 15.9. The first kappa shape index (κ1) is 19.9. The van der Waals surface area contributed by atoms with Crippen molar-refractivity contribution < 1.29 is 33.7 Å². The Morgan fingerprint density at radius 3 is 2.57 bits per heavy atom. The van der Waals surface area contributed by atoms with Gasteiger partial charge >= 0.3 is 5.97 Å². The summed E-state index contributed by atoms with van der Waals surface area (Å²) >= 11 is 0. The number of nitrogens with zero attached hydrogens (tertiary/aromatic N) is 2. The second kappa shape index (κ2) is 8.05. The SMILES string of the molecule is COc1ccc(N2CC(C(=O)N3CC(C(=O)O)O[C@H](C)C3)CC2=O)c(OC)c1. The van der Waals surface area contributed by atoms with E-state index in [1.54, 1.807) is 25.1 Å². The molecule has 3 atom stereocenters. The number of benzene rings is 1. The Bertz CT molecular complexity index is 782. The molecule has 2 amide bonds. The van der Waals surface area contributed by atoms with Crippen molar-refractivity contribution in [2.45, 2.75) is 25.6 Å². The van der Waals surface area contributed by atoms with Gasteiger partial charge in [0.2, 0.25) is 11.8 Å². The number of ether oxygens (including phenoxy) is 3. The van der Waals surface area contributed by atoms with Gasteiger partial charge in [-0.25, -0.2) is 4.79 Å². The van der Waals surface area contributed by atoms with E-state index >= 15 is 0 Å². The number of aliphatic carboxylic acids is 1. The van der Waals surface area contributed by atoms with E-state index in [9.17, 15) is 19.5 Å². The van der Waals surface area contributed by atoms with Gasteiger partial charge in [-0.2, -0.15) is 0 Å². The monoisotopic (exact) mass is 392 g/mol. The van der Waals surface area contributed by atoms with Crippen LogP contribution >= 0.6 is 0 Å². The first-order valence-electron chi connectivity index (χ1n) is 9.03. The normalized spacial score (nSPS) is 25.0. The fraction of sp³-hybridized carbons (Fsp3) is 0.526. The number of anilines is 1. The van der Waals surface area contributed by atoms with Gasteiger partial charge in [0.25, 0.3) is 0 Å². The molecule has 0 saturated carbocycles. The zero-order chi connectivity index (χ0) is 20.4. The Morgan fingerprint density at radius 1 is 1.18 bits per heavy atom. The first-order valence-corrected chi connectivity index (χ1v) is 9.03. The predicted octanol–water partition coefficient (Wildman–Crippen LogP) is 0.757. The number of carbonyl (C=O) groups excluding carboxylic acids is 2. The summed E-state index contributed by atoms with van der Waals surface area (Å²) in [7, 11) is 3.04. The van der Waals surface area contributed by atoms with Crippen LogP contribution in [0.1, 0.15) is 13.3 Å². The van der Waals surface area contributed by atoms with Gasteiger partial charge in [-0.05, 0) is 19.1 Å². The van der Waals surface area contributed by atoms with Crippen molar-refractivity contribution in [3.63, 3.8) is 0 Å². The van der Waals surface area contributed by atoms with Crippen molar-refractivity contribution in [3.05, 3.63) is 18.2 Å². The van der Waals surface area contributed by atoms with Gasteiger partial charge in [0.15, 0.2) is 6.10 Å². The second-order valence-corrected chi connectivity index (χ2v) is 6.96. The number of carbonyl (C=O) groups is 3. The van der Waals surface area contributed by atoms with Crippen LogP contribution in [0.2, 0.25) is 0 Å². The zero-order valence-corrected chi connectivity index (χ0v) is 16.1. The van der Waals surface area contributed by atoms with Crippen LogP contribution in [-0.2, 0) is 19.1 Å². The number of carboxylic acids is 1. The third kappa shape index (κ3) is 3.89. The van der Waals surface area contributed by atoms with Crippen molar-refractivity contribution in [2.24, 2.45) is 5.92 Å². The largest absolute Gasteiger partial charge is 0.497 e. The molecule has 2 unspecified atom stereocenters. The molecular weight excluding hydrogens is 368 g/mol. The van der Waals surface area contributed by atoms with E-state index in [1.165, 1.54) is 24.0 Å². The Balaban J connectivity index is 1.75. The predicted molar refractivity (Wildman–Crippen MR) is 98.6 cm³/mol. The highest BCUT2D eigenvalue weighted by molar-refractivity contribution is 6.01. The molecule has 2 heterocycles. The highest BCUT2D eigenvalue weighted by Gasteiger charge is 2.41. The van der Waals surface area contributed by atoms with Crippen LogP contribution in [0.15, 0.2) is 18.2 Å². The average molecular weight is 392 g/mol. The Morgan fingerprint density at radius 2 is 1.93 bits per heavy atom. The molecule has 28 heavy (non-hydrogen) atoms. The maximum atomic E-state index is 12.9. The van der Waals surface area contributed by atoms with Crippen molar-refractivity contribution in [3.8, 4) is 11.5 Å². The number of rotatable bonds is 5. The van der Waals surface area contributed by atoms with Gasteiger partial charge in [-0.3, -0.25) is 9.59 Å². The quantitative estimate of drug-likeness (QED) is 0.788. The maximum absolute atomic E-state index is 12.9. The smallest absolute Gasteiger partial charge is 0.334 e. The molecule has 152 valence electrons. The Labute approximate surface area is 162 Å². The van der Waals surface area contributed by atoms with Crippen molar-refractivity contribution in [2.75, 3.05) is 38.8 Å². The van der Waals surface area contributed by atoms with E-state index in [0.717, 1.165) is 0 Å². The van der Waals surface area contributed by atoms with Crippen LogP contribution in [-0.4, -0.2) is 73.9 Å². The molecule has 1 aromatic rings. The minimum absolute atomic E-state index is 0.0188. The highest BCUT2D eigenvalue weighted by Crippen LogP contribution is 2.36. The summed E-state index contributed by atoms with van der Waals surface area (Å²) in [6.45, 7) is 2.22. The Hall–Kier alpha value is -2.81. The standard InChI is InChI=1S/C19H24N2O7/c1-11-8-20(10-16(28-11)19(24)25)18(23)12-6-17(22)21(9-12)14-5-4-13(26-2)7-15(14)27-3/h4-5,7,11-12,16H,6,8-10H2,1-3H3,(H,24,25)/t11-,12?,16?/m1/s1. The van der Waals surface area contributed by atoms with Gasteiger partial charge in [0.05, 0.1) is 38.5 Å². The van der Waals surface area contributed by atoms with E-state index in [4.69, 9.17) is 14.2 Å². The maximum Gasteiger partial charge on any atom is 0.334 e. The number of hydrogen-bond donors (Lipinski definition) is 1. The lowest BCUT2D eigenvalue weighted by atomic mass is 10.1. The molecule has 0 aliphatic carbocycles. The molecule has 9 heteroatoms. The van der Waals surface area contributed by atoms with E-state index in [2.05, 4.69) is 0 Å². The molecule has 0 aromatic heterocycles. The number of hydrogen-bond acceptors (Lipinski definition) is 6. The molecule has 2 saturated heterocycles. The van der Waals surface area contributed by atoms with E-state index in [-0.39, 0.29) is 37.4 Å². The number of morpholine rings is 1. The zero-order valence-electron chi connectivity index (χ0n) is 16.1. The molecule has 0 radical (unpaired) electrons. The molecule has 2 aliphatic rings. The van der Waals surface area contributed by atoms with Crippen molar-refractivity contribution in [1.82, 2.24) is 4.90 Å². The van der Waals surface area contributed by atoms with E-state index < -0.39 is 18.0 Å². The lowest BCUT2D eigenvalue weighted by Crippen LogP contribution is -2.53. The topological polar surface area (TPSA) is 106 Å². The molecule has 0 bridgehead atoms. The molecule has 2 fully saturated rings. The third-order valence-corrected chi connectivity index (χ3v) is 5.00. The van der Waals surface area contributed by atoms with Gasteiger partial charge in [-0.15, -0.1) is 0 Å². The lowest BCUT2D eigenvalue weighted by molar-refractivity contribution is -0.167. The summed E-state index contributed by atoms with van der Waals surface area (Å²) in [5, 5.41) is 9.20. The lowest BCUT2D eigenvalue weighted by Gasteiger charge is -2.36. The summed E-state index contributed by atoms with van der Waals surface area (Å²) in [5.74, 6) is -0.980. The van der Waals surface area contributed by atoms with Gasteiger partial charge in [0, 0.05) is 25.6 Å². The van der Waals surface area contributed by atoms with Crippen LogP contribution in [0.4, 0.5) is 5.69 Å². The van der Waals surface area contributed by atoms with Gasteiger partial charge < -0.3 is 29.1 Å². The number of methoxy groups -OCH3 is 2. The van der Waals surface area contributed by atoms with E-state index in [1.807, 2.05) is 0 Å². The second-order valence-electron chi connectivity index (χ2n) is 6.96. The highest BCUT2D eigenvalue weighted by atomic mass is 16.5. The summed E-state index contributed by atoms with van der Waals surface area (Å²) in [5.41, 5.74) is 0.572. The Kier molecular flexibility index (Phi) is 5.73. The van der Waals surface area contributed by atoms with Crippen LogP contribution in [0, 0.1) is 5.92 Å². The molecule has 1 aromatic carbocycles. The minimum atomic E-state index is -1.10. The summed E-state index contributed by atoms with van der Waals surface area (Å²) in [6.07, 6.45) is -1.37. The number of amides is 2. The summed E-state index contributed by atoms with van der Waals surface area (Å²) in [6, 6.07) is 5.12. The molecule has 0 spiro atoms. The van der Waals surface area contributed by atoms with E-state index in [0.29, 0.717) is 23.7 Å². The average Bonchev–Trinajstić information content (AvgIpc) is 3.07. The molecule has 9 nitrogen and oxygen atoms in total. The van der Waals surface area contributed by atoms with Gasteiger partial charge in [0.1, 0.15) is 11.5 Å². The van der Waals surface area contributed by atoms with Crippen molar-refractivity contribution in [1.29, 1.82) is 0 Å². The number of carboxylic acid groups (broad SMARTS) is 1. The molecule has 2 aliphatic heterocycles. The fourth-order valence-corrected chi connectivity index (χ4v) is 3.64. The van der Waals surface area contributed by atoms with Gasteiger partial charge in [-0.1, -0.05) is 0 Å². The molecular formula is C19H24N2O7. The van der Waals surface area contributed by atoms with Crippen LogP contribution in [0.25, 0.3) is 0 Å². The first-order chi connectivity index (χ1) is 13.3. The third-order valence-electron chi connectivity index (χ3n) is 5.00. The summed E-state index contributed by atoms with van der Waals surface area (Å²) in [4.78, 5) is 39.8. The van der Waals surface area contributed by atoms with Crippen LogP contribution in [0.5, 0.6) is 11.5 Å².